The predicted octanol–water partition coefficient (Wildman–Crippen LogP) is 3.50. The molecule has 0 aliphatic carbocycles. The monoisotopic (exact) mass is 483 g/mol. The first kappa shape index (κ1) is 21.8. The van der Waals surface area contributed by atoms with Crippen molar-refractivity contribution in [1.82, 2.24) is 24.7 Å². The van der Waals surface area contributed by atoms with Crippen LogP contribution >= 0.6 is 23.1 Å². The van der Waals surface area contributed by atoms with Crippen molar-refractivity contribution in [2.24, 2.45) is 0 Å². The molecule has 0 amide bonds. The molecule has 0 spiro atoms. The highest BCUT2D eigenvalue weighted by molar-refractivity contribution is 7.98. The van der Waals surface area contributed by atoms with Crippen molar-refractivity contribution in [3.63, 3.8) is 0 Å². The molecule has 0 radical (unpaired) electrons. The molecule has 4 heterocycles. The van der Waals surface area contributed by atoms with Crippen LogP contribution in [0.3, 0.4) is 0 Å². The molecule has 1 aromatic carbocycles. The first-order valence-electron chi connectivity index (χ1n) is 10.4. The predicted molar refractivity (Wildman–Crippen MR) is 126 cm³/mol. The SMILES string of the molecule is COC(=O)c1ccc2c(=O)[nH]c(CSc3nnc(-c4cccs4)n3CC3CCCO3)nc2c1. The second-order valence-corrected chi connectivity index (χ2v) is 9.44. The summed E-state index contributed by atoms with van der Waals surface area (Å²) < 4.78 is 12.7. The van der Waals surface area contributed by atoms with Crippen molar-refractivity contribution in [2.75, 3.05) is 13.7 Å². The number of hydrogen-bond acceptors (Lipinski definition) is 9. The highest BCUT2D eigenvalue weighted by atomic mass is 32.2. The summed E-state index contributed by atoms with van der Waals surface area (Å²) in [4.78, 5) is 32.8. The molecule has 1 saturated heterocycles. The van der Waals surface area contributed by atoms with Gasteiger partial charge in [-0.2, -0.15) is 0 Å². The number of rotatable bonds is 7. The van der Waals surface area contributed by atoms with Crippen LogP contribution in [-0.4, -0.2) is 50.5 Å². The summed E-state index contributed by atoms with van der Waals surface area (Å²) in [6.45, 7) is 1.45. The van der Waals surface area contributed by atoms with E-state index in [2.05, 4.69) is 24.7 Å². The van der Waals surface area contributed by atoms with Crippen LogP contribution in [0.4, 0.5) is 0 Å². The number of hydrogen-bond donors (Lipinski definition) is 1. The molecule has 1 atom stereocenters. The molecule has 170 valence electrons. The minimum Gasteiger partial charge on any atom is -0.465 e. The number of thioether (sulfide) groups is 1. The molecule has 1 fully saturated rings. The summed E-state index contributed by atoms with van der Waals surface area (Å²) in [5, 5.41) is 12.0. The van der Waals surface area contributed by atoms with Gasteiger partial charge in [0.25, 0.3) is 5.56 Å². The Kier molecular flexibility index (Phi) is 6.25. The summed E-state index contributed by atoms with van der Waals surface area (Å²) in [6.07, 6.45) is 2.20. The van der Waals surface area contributed by atoms with E-state index >= 15 is 0 Å². The van der Waals surface area contributed by atoms with Crippen LogP contribution in [0.5, 0.6) is 0 Å². The number of methoxy groups -OCH3 is 1. The number of ether oxygens (including phenoxy) is 2. The maximum Gasteiger partial charge on any atom is 0.337 e. The zero-order valence-electron chi connectivity index (χ0n) is 17.8. The van der Waals surface area contributed by atoms with Crippen molar-refractivity contribution in [1.29, 1.82) is 0 Å². The molecule has 0 saturated carbocycles. The summed E-state index contributed by atoms with van der Waals surface area (Å²) >= 11 is 3.06. The summed E-state index contributed by atoms with van der Waals surface area (Å²) in [5.74, 6) is 1.22. The molecular formula is C22H21N5O4S2. The van der Waals surface area contributed by atoms with Crippen LogP contribution in [0.15, 0.2) is 45.7 Å². The van der Waals surface area contributed by atoms with Gasteiger partial charge in [-0.1, -0.05) is 17.8 Å². The number of nitrogens with zero attached hydrogens (tertiary/aromatic N) is 4. The summed E-state index contributed by atoms with van der Waals surface area (Å²) in [5.41, 5.74) is 0.531. The van der Waals surface area contributed by atoms with Gasteiger partial charge in [-0.3, -0.25) is 9.36 Å². The van der Waals surface area contributed by atoms with Crippen LogP contribution in [-0.2, 0) is 21.8 Å². The molecule has 1 N–H and O–H groups in total. The fourth-order valence-corrected chi connectivity index (χ4v) is 5.31. The first-order valence-corrected chi connectivity index (χ1v) is 12.3. The number of thiophene rings is 1. The number of aromatic amines is 1. The smallest absolute Gasteiger partial charge is 0.337 e. The van der Waals surface area contributed by atoms with Crippen molar-refractivity contribution in [3.05, 3.63) is 57.5 Å². The third-order valence-corrected chi connectivity index (χ3v) is 7.23. The van der Waals surface area contributed by atoms with Crippen LogP contribution in [0, 0.1) is 0 Å². The van der Waals surface area contributed by atoms with Crippen LogP contribution in [0.1, 0.15) is 29.0 Å². The lowest BCUT2D eigenvalue weighted by molar-refractivity contribution is 0.0601. The lowest BCUT2D eigenvalue weighted by Gasteiger charge is -2.14. The Balaban J connectivity index is 1.42. The summed E-state index contributed by atoms with van der Waals surface area (Å²) in [7, 11) is 1.32. The Labute approximate surface area is 197 Å². The van der Waals surface area contributed by atoms with E-state index in [0.29, 0.717) is 34.6 Å². The Morgan fingerprint density at radius 3 is 3.03 bits per heavy atom. The topological polar surface area (TPSA) is 112 Å². The van der Waals surface area contributed by atoms with Gasteiger partial charge in [0.1, 0.15) is 5.82 Å². The van der Waals surface area contributed by atoms with E-state index in [-0.39, 0.29) is 11.7 Å². The lowest BCUT2D eigenvalue weighted by Crippen LogP contribution is -2.16. The van der Waals surface area contributed by atoms with Gasteiger partial charge in [0.05, 0.1) is 46.9 Å². The number of benzene rings is 1. The Morgan fingerprint density at radius 1 is 1.36 bits per heavy atom. The van der Waals surface area contributed by atoms with Gasteiger partial charge in [-0.25, -0.2) is 9.78 Å². The van der Waals surface area contributed by atoms with Crippen LogP contribution < -0.4 is 5.56 Å². The van der Waals surface area contributed by atoms with Crippen molar-refractivity contribution in [2.45, 2.75) is 36.4 Å². The lowest BCUT2D eigenvalue weighted by atomic mass is 10.1. The number of fused-ring (bicyclic) bond motifs is 1. The van der Waals surface area contributed by atoms with Gasteiger partial charge < -0.3 is 14.5 Å². The quantitative estimate of drug-likeness (QED) is 0.314. The minimum atomic E-state index is -0.474. The molecule has 3 aromatic heterocycles. The van der Waals surface area contributed by atoms with Gasteiger partial charge in [0.15, 0.2) is 11.0 Å². The van der Waals surface area contributed by atoms with Crippen LogP contribution in [0.2, 0.25) is 0 Å². The number of carbonyl (C=O) groups excluding carboxylic acids is 1. The van der Waals surface area contributed by atoms with Crippen molar-refractivity contribution < 1.29 is 14.3 Å². The third kappa shape index (κ3) is 4.56. The van der Waals surface area contributed by atoms with E-state index in [1.807, 2.05) is 17.5 Å². The molecule has 11 heteroatoms. The number of aromatic nitrogens is 5. The average Bonchev–Trinajstić information content (AvgIpc) is 3.60. The first-order chi connectivity index (χ1) is 16.1. The van der Waals surface area contributed by atoms with Gasteiger partial charge >= 0.3 is 5.97 Å². The van der Waals surface area contributed by atoms with Gasteiger partial charge in [0, 0.05) is 6.61 Å². The highest BCUT2D eigenvalue weighted by Gasteiger charge is 2.22. The van der Waals surface area contributed by atoms with Crippen molar-refractivity contribution in [3.8, 4) is 10.7 Å². The van der Waals surface area contributed by atoms with E-state index < -0.39 is 5.97 Å². The van der Waals surface area contributed by atoms with E-state index in [1.54, 1.807) is 29.5 Å². The number of H-pyrrole nitrogens is 1. The Morgan fingerprint density at radius 2 is 2.27 bits per heavy atom. The maximum absolute atomic E-state index is 12.5. The molecule has 4 aromatic rings. The molecule has 1 aliphatic heterocycles. The molecule has 9 nitrogen and oxygen atoms in total. The molecule has 1 unspecified atom stereocenters. The van der Waals surface area contributed by atoms with E-state index in [4.69, 9.17) is 9.47 Å². The van der Waals surface area contributed by atoms with Crippen LogP contribution in [0.25, 0.3) is 21.6 Å². The zero-order chi connectivity index (χ0) is 22.8. The Hall–Kier alpha value is -3.02. The molecule has 33 heavy (non-hydrogen) atoms. The zero-order valence-corrected chi connectivity index (χ0v) is 19.4. The van der Waals surface area contributed by atoms with E-state index in [9.17, 15) is 9.59 Å². The fourth-order valence-electron chi connectivity index (χ4n) is 3.77. The molecule has 1 aliphatic rings. The van der Waals surface area contributed by atoms with Gasteiger partial charge in [-0.15, -0.1) is 21.5 Å². The number of nitrogens with one attached hydrogen (secondary N) is 1. The minimum absolute atomic E-state index is 0.134. The molecular weight excluding hydrogens is 462 g/mol. The average molecular weight is 484 g/mol. The normalized spacial score (nSPS) is 15.8. The Bertz CT molecular complexity index is 1340. The second kappa shape index (κ2) is 9.46. The van der Waals surface area contributed by atoms with Gasteiger partial charge in [0.2, 0.25) is 0 Å². The van der Waals surface area contributed by atoms with E-state index in [1.165, 1.54) is 18.9 Å². The van der Waals surface area contributed by atoms with Crippen molar-refractivity contribution >= 4 is 40.0 Å². The molecule has 5 rings (SSSR count). The second-order valence-electron chi connectivity index (χ2n) is 7.55. The number of esters is 1. The maximum atomic E-state index is 12.5. The number of carbonyl (C=O) groups is 1. The summed E-state index contributed by atoms with van der Waals surface area (Å²) in [6, 6.07) is 8.72. The largest absolute Gasteiger partial charge is 0.465 e. The third-order valence-electron chi connectivity index (χ3n) is 5.38. The fraction of sp³-hybridized carbons (Fsp3) is 0.318. The molecule has 0 bridgehead atoms. The highest BCUT2D eigenvalue weighted by Crippen LogP contribution is 2.30. The standard InChI is InChI=1S/C22H21N5O4S2/c1-30-21(29)13-6-7-15-16(10-13)23-18(24-20(15)28)12-33-22-26-25-19(17-5-3-9-32-17)27(22)11-14-4-2-8-31-14/h3,5-7,9-10,14H,2,4,8,11-12H2,1H3,(H,23,24,28). The van der Waals surface area contributed by atoms with E-state index in [0.717, 1.165) is 35.3 Å². The van der Waals surface area contributed by atoms with Gasteiger partial charge in [-0.05, 0) is 42.5 Å².